The minimum absolute atomic E-state index is 0.0693. The van der Waals surface area contributed by atoms with Gasteiger partial charge in [0, 0.05) is 19.3 Å². The monoisotopic (exact) mass is 997 g/mol. The normalized spacial score (nSPS) is 12.2. The highest BCUT2D eigenvalue weighted by molar-refractivity contribution is 5.71. The van der Waals surface area contributed by atoms with Gasteiger partial charge in [0.1, 0.15) is 13.2 Å². The summed E-state index contributed by atoms with van der Waals surface area (Å²) >= 11 is 0. The Kier molecular flexibility index (Phi) is 58.2. The average Bonchev–Trinajstić information content (AvgIpc) is 3.37. The van der Waals surface area contributed by atoms with Gasteiger partial charge in [-0.2, -0.15) is 0 Å². The largest absolute Gasteiger partial charge is 0.462 e. The molecule has 416 valence electrons. The highest BCUT2D eigenvalue weighted by Gasteiger charge is 2.19. The molecule has 6 heteroatoms. The zero-order valence-electron chi connectivity index (χ0n) is 47.8. The van der Waals surface area contributed by atoms with Crippen molar-refractivity contribution in [2.45, 2.75) is 348 Å². The lowest BCUT2D eigenvalue weighted by atomic mass is 10.0. The summed E-state index contributed by atoms with van der Waals surface area (Å²) in [5.74, 6) is -0.853. The molecule has 71 heavy (non-hydrogen) atoms. The maximum atomic E-state index is 12.9. The predicted octanol–water partition coefficient (Wildman–Crippen LogP) is 21.2. The van der Waals surface area contributed by atoms with E-state index in [1.165, 1.54) is 238 Å². The maximum absolute atomic E-state index is 12.9. The first-order valence-corrected chi connectivity index (χ1v) is 31.5. The molecule has 0 aromatic heterocycles. The van der Waals surface area contributed by atoms with Gasteiger partial charge in [0.05, 0.1) is 0 Å². The molecule has 0 N–H and O–H groups in total. The molecule has 0 fully saturated rings. The third kappa shape index (κ3) is 58.4. The van der Waals surface area contributed by atoms with Crippen LogP contribution in [0.3, 0.4) is 0 Å². The van der Waals surface area contributed by atoms with Crippen molar-refractivity contribution in [2.75, 3.05) is 13.2 Å². The van der Waals surface area contributed by atoms with Crippen molar-refractivity contribution >= 4 is 17.9 Å². The molecule has 0 aliphatic heterocycles. The van der Waals surface area contributed by atoms with Crippen LogP contribution in [0.1, 0.15) is 342 Å². The first-order chi connectivity index (χ1) is 35.0. The molecule has 0 aliphatic carbocycles. The van der Waals surface area contributed by atoms with Gasteiger partial charge in [0.2, 0.25) is 0 Å². The number of carbonyl (C=O) groups is 3. The van der Waals surface area contributed by atoms with Crippen LogP contribution in [0, 0.1) is 0 Å². The van der Waals surface area contributed by atoms with E-state index in [0.29, 0.717) is 19.3 Å². The number of rotatable bonds is 58. The summed E-state index contributed by atoms with van der Waals surface area (Å²) in [5, 5.41) is 0. The van der Waals surface area contributed by atoms with Gasteiger partial charge in [-0.1, -0.05) is 282 Å². The first-order valence-electron chi connectivity index (χ1n) is 31.5. The van der Waals surface area contributed by atoms with Gasteiger partial charge in [-0.05, 0) is 77.0 Å². The number of esters is 3. The molecular weight excluding hydrogens is 877 g/mol. The molecule has 1 unspecified atom stereocenters. The summed E-state index contributed by atoms with van der Waals surface area (Å²) in [5.41, 5.74) is 0. The minimum Gasteiger partial charge on any atom is -0.462 e. The Balaban J connectivity index is 4.25. The van der Waals surface area contributed by atoms with Crippen LogP contribution >= 0.6 is 0 Å². The smallest absolute Gasteiger partial charge is 0.306 e. The number of unbranched alkanes of at least 4 members (excludes halogenated alkanes) is 41. The molecule has 0 aromatic carbocycles. The van der Waals surface area contributed by atoms with E-state index in [0.717, 1.165) is 64.2 Å². The molecule has 0 amide bonds. The van der Waals surface area contributed by atoms with Crippen LogP contribution in [0.4, 0.5) is 0 Å². The standard InChI is InChI=1S/C65H120O6/c1-4-7-10-13-16-19-22-24-26-28-30-31-32-33-35-36-38-40-43-46-49-52-55-58-64(67)70-61-62(60-69-63(66)57-54-51-48-45-42-21-18-15-12-9-6-3)71-65(68)59-56-53-50-47-44-41-39-37-34-29-27-25-23-20-17-14-11-8-5-2/h22,24-25,27-28,30,62H,4-21,23,26,29,31-61H2,1-3H3/b24-22-,27-25-,30-28-. The lowest BCUT2D eigenvalue weighted by molar-refractivity contribution is -0.167. The molecule has 0 bridgehead atoms. The zero-order valence-corrected chi connectivity index (χ0v) is 47.8. The third-order valence-corrected chi connectivity index (χ3v) is 14.1. The van der Waals surface area contributed by atoms with Gasteiger partial charge in [-0.3, -0.25) is 14.4 Å². The molecule has 1 atom stereocenters. The molecule has 0 radical (unpaired) electrons. The van der Waals surface area contributed by atoms with Crippen LogP contribution in [0.5, 0.6) is 0 Å². The summed E-state index contributed by atoms with van der Waals surface area (Å²) in [6.07, 6.45) is 72.9. The molecule has 0 saturated carbocycles. The number of carbonyl (C=O) groups excluding carboxylic acids is 3. The third-order valence-electron chi connectivity index (χ3n) is 14.1. The average molecular weight is 998 g/mol. The van der Waals surface area contributed by atoms with Gasteiger partial charge in [-0.15, -0.1) is 0 Å². The molecule has 0 aliphatic rings. The lowest BCUT2D eigenvalue weighted by Crippen LogP contribution is -2.30. The SMILES string of the molecule is CCCCCCC/C=C\C/C=C\CCCCCCCCCCCCCC(=O)OCC(COC(=O)CCCCCCCCCCCCC)OC(=O)CCCCCCCCCCC/C=C\CCCCCCCC. The fourth-order valence-electron chi connectivity index (χ4n) is 9.35. The molecule has 0 rings (SSSR count). The molecule has 0 saturated heterocycles. The van der Waals surface area contributed by atoms with Crippen LogP contribution in [-0.4, -0.2) is 37.2 Å². The van der Waals surface area contributed by atoms with Crippen molar-refractivity contribution in [3.8, 4) is 0 Å². The Labute approximate surface area is 442 Å². The molecule has 6 nitrogen and oxygen atoms in total. The van der Waals surface area contributed by atoms with Crippen molar-refractivity contribution in [1.29, 1.82) is 0 Å². The van der Waals surface area contributed by atoms with E-state index < -0.39 is 6.10 Å². The topological polar surface area (TPSA) is 78.9 Å². The molecule has 0 aromatic rings. The van der Waals surface area contributed by atoms with Crippen molar-refractivity contribution in [2.24, 2.45) is 0 Å². The van der Waals surface area contributed by atoms with E-state index in [2.05, 4.69) is 57.2 Å². The number of allylic oxidation sites excluding steroid dienone is 6. The molecule has 0 heterocycles. The Hall–Kier alpha value is -2.37. The van der Waals surface area contributed by atoms with Gasteiger partial charge >= 0.3 is 17.9 Å². The van der Waals surface area contributed by atoms with E-state index >= 15 is 0 Å². The van der Waals surface area contributed by atoms with E-state index in [-0.39, 0.29) is 31.1 Å². The number of hydrogen-bond acceptors (Lipinski definition) is 6. The zero-order chi connectivity index (χ0) is 51.4. The lowest BCUT2D eigenvalue weighted by Gasteiger charge is -2.18. The van der Waals surface area contributed by atoms with Crippen LogP contribution in [0.25, 0.3) is 0 Å². The highest BCUT2D eigenvalue weighted by Crippen LogP contribution is 2.17. The van der Waals surface area contributed by atoms with Gasteiger partial charge in [0.25, 0.3) is 0 Å². The van der Waals surface area contributed by atoms with E-state index in [9.17, 15) is 14.4 Å². The Morgan fingerprint density at radius 2 is 0.507 bits per heavy atom. The van der Waals surface area contributed by atoms with Crippen LogP contribution in [0.15, 0.2) is 36.5 Å². The maximum Gasteiger partial charge on any atom is 0.306 e. The van der Waals surface area contributed by atoms with Gasteiger partial charge in [0.15, 0.2) is 6.10 Å². The van der Waals surface area contributed by atoms with Crippen LogP contribution in [-0.2, 0) is 28.6 Å². The Morgan fingerprint density at radius 3 is 0.789 bits per heavy atom. The van der Waals surface area contributed by atoms with E-state index in [1.54, 1.807) is 0 Å². The number of ether oxygens (including phenoxy) is 3. The van der Waals surface area contributed by atoms with E-state index in [4.69, 9.17) is 14.2 Å². The Morgan fingerprint density at radius 1 is 0.282 bits per heavy atom. The molecular formula is C65H120O6. The second kappa shape index (κ2) is 60.2. The van der Waals surface area contributed by atoms with Crippen molar-refractivity contribution in [1.82, 2.24) is 0 Å². The van der Waals surface area contributed by atoms with Crippen molar-refractivity contribution in [3.05, 3.63) is 36.5 Å². The first kappa shape index (κ1) is 68.6. The number of hydrogen-bond donors (Lipinski definition) is 0. The summed E-state index contributed by atoms with van der Waals surface area (Å²) < 4.78 is 16.9. The highest BCUT2D eigenvalue weighted by atomic mass is 16.6. The quantitative estimate of drug-likeness (QED) is 0.0261. The fraction of sp³-hybridized carbons (Fsp3) is 0.862. The van der Waals surface area contributed by atoms with Gasteiger partial charge in [-0.25, -0.2) is 0 Å². The summed E-state index contributed by atoms with van der Waals surface area (Å²) in [6, 6.07) is 0. The van der Waals surface area contributed by atoms with Crippen molar-refractivity contribution in [3.63, 3.8) is 0 Å². The summed E-state index contributed by atoms with van der Waals surface area (Å²) in [4.78, 5) is 38.2. The second-order valence-electron chi connectivity index (χ2n) is 21.3. The van der Waals surface area contributed by atoms with E-state index in [1.807, 2.05) is 0 Å². The summed E-state index contributed by atoms with van der Waals surface area (Å²) in [6.45, 7) is 6.67. The van der Waals surface area contributed by atoms with Crippen LogP contribution < -0.4 is 0 Å². The second-order valence-corrected chi connectivity index (χ2v) is 21.3. The predicted molar refractivity (Wildman–Crippen MR) is 307 cm³/mol. The minimum atomic E-state index is -0.771. The summed E-state index contributed by atoms with van der Waals surface area (Å²) in [7, 11) is 0. The van der Waals surface area contributed by atoms with Crippen molar-refractivity contribution < 1.29 is 28.6 Å². The molecule has 0 spiro atoms. The fourth-order valence-corrected chi connectivity index (χ4v) is 9.35. The van der Waals surface area contributed by atoms with Gasteiger partial charge < -0.3 is 14.2 Å². The van der Waals surface area contributed by atoms with Crippen LogP contribution in [0.2, 0.25) is 0 Å². The Bertz CT molecular complexity index is 1190.